The molecule has 0 unspecified atom stereocenters. The molecule has 2 aliphatic heterocycles. The van der Waals surface area contributed by atoms with Gasteiger partial charge in [0.2, 0.25) is 5.95 Å². The molecule has 5 rings (SSSR count). The Bertz CT molecular complexity index is 1250. The van der Waals surface area contributed by atoms with E-state index in [4.69, 9.17) is 4.74 Å². The van der Waals surface area contributed by atoms with Gasteiger partial charge in [0, 0.05) is 70.8 Å². The number of aliphatic carboxylic acids is 1. The normalized spacial score (nSPS) is 22.0. The molecule has 4 heterocycles. The largest absolute Gasteiger partial charge is 0.481 e. The predicted octanol–water partition coefficient (Wildman–Crippen LogP) is 2.39. The van der Waals surface area contributed by atoms with Crippen molar-refractivity contribution < 1.29 is 24.2 Å². The van der Waals surface area contributed by atoms with Crippen molar-refractivity contribution in [3.63, 3.8) is 0 Å². The molecule has 228 valence electrons. The van der Waals surface area contributed by atoms with Gasteiger partial charge in [-0.3, -0.25) is 14.4 Å². The first-order chi connectivity index (χ1) is 20.3. The van der Waals surface area contributed by atoms with Gasteiger partial charge in [0.05, 0.1) is 24.4 Å². The number of aryl methyl sites for hydroxylation is 1. The van der Waals surface area contributed by atoms with Crippen molar-refractivity contribution in [2.45, 2.75) is 57.5 Å². The van der Waals surface area contributed by atoms with E-state index in [0.29, 0.717) is 62.4 Å². The van der Waals surface area contributed by atoms with Crippen LogP contribution in [0.25, 0.3) is 0 Å². The number of urea groups is 1. The lowest BCUT2D eigenvalue weighted by Crippen LogP contribution is -2.56. The van der Waals surface area contributed by atoms with E-state index in [-0.39, 0.29) is 24.6 Å². The number of piperidine rings is 1. The summed E-state index contributed by atoms with van der Waals surface area (Å²) in [6.45, 7) is 6.10. The molecule has 0 atom stereocenters. The number of carbonyl (C=O) groups excluding carboxylic acids is 2. The number of hydrogen-bond acceptors (Lipinski definition) is 10. The van der Waals surface area contributed by atoms with Crippen molar-refractivity contribution in [1.29, 1.82) is 0 Å². The van der Waals surface area contributed by atoms with Crippen LogP contribution in [0.2, 0.25) is 0 Å². The molecule has 0 radical (unpaired) electrons. The minimum atomic E-state index is -0.764. The maximum atomic E-state index is 13.0. The number of aromatic nitrogens is 4. The van der Waals surface area contributed by atoms with E-state index in [9.17, 15) is 19.5 Å². The molecule has 2 aromatic rings. The zero-order valence-electron chi connectivity index (χ0n) is 24.4. The Morgan fingerprint density at radius 3 is 2.29 bits per heavy atom. The van der Waals surface area contributed by atoms with Gasteiger partial charge in [0.1, 0.15) is 11.4 Å². The van der Waals surface area contributed by atoms with Crippen molar-refractivity contribution in [3.05, 3.63) is 24.2 Å². The second-order valence-corrected chi connectivity index (χ2v) is 11.3. The van der Waals surface area contributed by atoms with Gasteiger partial charge in [0.25, 0.3) is 0 Å². The van der Waals surface area contributed by atoms with E-state index in [0.717, 1.165) is 44.5 Å². The number of amides is 2. The second-order valence-electron chi connectivity index (χ2n) is 11.3. The Kier molecular flexibility index (Phi) is 9.40. The molecule has 0 aromatic carbocycles. The van der Waals surface area contributed by atoms with Gasteiger partial charge in [-0.05, 0) is 45.4 Å². The van der Waals surface area contributed by atoms with Gasteiger partial charge in [-0.2, -0.15) is 10.1 Å². The van der Waals surface area contributed by atoms with Gasteiger partial charge in [-0.1, -0.05) is 0 Å². The van der Waals surface area contributed by atoms with E-state index in [2.05, 4.69) is 30.6 Å². The van der Waals surface area contributed by atoms with Crippen LogP contribution in [0.15, 0.2) is 18.6 Å². The number of likely N-dealkylation sites (tertiary alicyclic amines) is 1. The Hall–Kier alpha value is -3.94. The van der Waals surface area contributed by atoms with Crippen LogP contribution in [0.1, 0.15) is 55.8 Å². The van der Waals surface area contributed by atoms with Crippen molar-refractivity contribution in [2.24, 2.45) is 13.0 Å². The maximum Gasteiger partial charge on any atom is 0.343 e. The van der Waals surface area contributed by atoms with Crippen LogP contribution < -0.4 is 10.6 Å². The average molecular weight is 584 g/mol. The molecule has 14 heteroatoms. The Morgan fingerprint density at radius 2 is 1.67 bits per heavy atom. The fourth-order valence-electron chi connectivity index (χ4n) is 6.10. The summed E-state index contributed by atoms with van der Waals surface area (Å²) in [6.07, 6.45) is 9.91. The van der Waals surface area contributed by atoms with E-state index >= 15 is 0 Å². The number of carboxylic acid groups (broad SMARTS) is 1. The van der Waals surface area contributed by atoms with Crippen LogP contribution in [0.4, 0.5) is 22.2 Å². The molecule has 3 N–H and O–H groups in total. The van der Waals surface area contributed by atoms with Crippen LogP contribution in [-0.4, -0.2) is 115 Å². The lowest BCUT2D eigenvalue weighted by Gasteiger charge is -2.43. The third-order valence-electron chi connectivity index (χ3n) is 8.50. The first-order valence-electron chi connectivity index (χ1n) is 14.9. The molecule has 3 fully saturated rings. The van der Waals surface area contributed by atoms with Crippen molar-refractivity contribution in [2.75, 3.05) is 56.5 Å². The zero-order valence-corrected chi connectivity index (χ0v) is 24.4. The van der Waals surface area contributed by atoms with Crippen LogP contribution in [-0.2, 0) is 16.6 Å². The number of ether oxygens (including phenoxy) is 1. The Morgan fingerprint density at radius 1 is 0.976 bits per heavy atom. The molecule has 42 heavy (non-hydrogen) atoms. The molecule has 1 saturated carbocycles. The van der Waals surface area contributed by atoms with Gasteiger partial charge in [-0.25, -0.2) is 14.6 Å². The minimum Gasteiger partial charge on any atom is -0.481 e. The number of hydrogen-bond donors (Lipinski definition) is 3. The molecule has 2 aromatic heterocycles. The third kappa shape index (κ3) is 7.09. The predicted molar refractivity (Wildman–Crippen MR) is 155 cm³/mol. The molecular formula is C28H41N9O5. The first-order valence-corrected chi connectivity index (χ1v) is 14.9. The summed E-state index contributed by atoms with van der Waals surface area (Å²) in [7, 11) is 1.83. The van der Waals surface area contributed by atoms with Crippen molar-refractivity contribution in [3.8, 4) is 0 Å². The Labute approximate surface area is 245 Å². The molecule has 2 saturated heterocycles. The number of nitrogens with zero attached hydrogens (tertiary/aromatic N) is 7. The molecule has 2 amide bonds. The summed E-state index contributed by atoms with van der Waals surface area (Å²) in [5.74, 6) is -0.740. The molecule has 14 nitrogen and oxygen atoms in total. The zero-order chi connectivity index (χ0) is 29.6. The molecule has 3 aliphatic rings. The highest BCUT2D eigenvalue weighted by Gasteiger charge is 2.33. The highest BCUT2D eigenvalue weighted by Crippen LogP contribution is 2.28. The average Bonchev–Trinajstić information content (AvgIpc) is 3.41. The quantitative estimate of drug-likeness (QED) is 0.392. The summed E-state index contributed by atoms with van der Waals surface area (Å²) in [4.78, 5) is 52.0. The molecule has 0 spiro atoms. The smallest absolute Gasteiger partial charge is 0.343 e. The van der Waals surface area contributed by atoms with Gasteiger partial charge < -0.3 is 30.3 Å². The monoisotopic (exact) mass is 583 g/mol. The number of piperazine rings is 1. The summed E-state index contributed by atoms with van der Waals surface area (Å²) in [6, 6.07) is 0.641. The fraction of sp³-hybridized carbons (Fsp3) is 0.643. The lowest BCUT2D eigenvalue weighted by molar-refractivity contribution is -0.143. The Balaban J connectivity index is 1.12. The lowest BCUT2D eigenvalue weighted by atomic mass is 9.89. The first kappa shape index (κ1) is 29.5. The van der Waals surface area contributed by atoms with Gasteiger partial charge in [-0.15, -0.1) is 0 Å². The van der Waals surface area contributed by atoms with Crippen LogP contribution in [0.5, 0.6) is 0 Å². The molecular weight excluding hydrogens is 542 g/mol. The van der Waals surface area contributed by atoms with E-state index in [1.807, 2.05) is 18.1 Å². The topological polar surface area (TPSA) is 158 Å². The van der Waals surface area contributed by atoms with Crippen molar-refractivity contribution in [1.82, 2.24) is 34.4 Å². The number of esters is 1. The van der Waals surface area contributed by atoms with Crippen LogP contribution in [0, 0.1) is 5.92 Å². The number of nitrogens with one attached hydrogen (secondary N) is 2. The summed E-state index contributed by atoms with van der Waals surface area (Å²) < 4.78 is 6.92. The number of carboxylic acids is 1. The standard InChI is InChI=1S/C28H41N9O5/c1-3-42-26(40)23-17-29-27(32-21-16-30-34(2)18-21)33-24(23)31-20-4-6-22(7-5-20)35-12-14-37(15-13-35)28(41)36-10-8-19(9-11-36)25(38)39/h16-20,22H,3-15H2,1-2H3,(H,38,39)(H2,29,31,32,33). The fourth-order valence-corrected chi connectivity index (χ4v) is 6.10. The number of carbonyl (C=O) groups is 3. The highest BCUT2D eigenvalue weighted by atomic mass is 16.5. The summed E-state index contributed by atoms with van der Waals surface area (Å²) in [5.41, 5.74) is 1.06. The number of anilines is 3. The minimum absolute atomic E-state index is 0.0334. The van der Waals surface area contributed by atoms with Crippen LogP contribution >= 0.6 is 0 Å². The van der Waals surface area contributed by atoms with Crippen molar-refractivity contribution >= 4 is 35.4 Å². The van der Waals surface area contributed by atoms with E-state index in [1.54, 1.807) is 22.7 Å². The van der Waals surface area contributed by atoms with Gasteiger partial charge >= 0.3 is 18.0 Å². The highest BCUT2D eigenvalue weighted by molar-refractivity contribution is 5.94. The third-order valence-corrected chi connectivity index (χ3v) is 8.50. The van der Waals surface area contributed by atoms with E-state index in [1.165, 1.54) is 6.20 Å². The number of rotatable bonds is 8. The summed E-state index contributed by atoms with van der Waals surface area (Å²) >= 11 is 0. The van der Waals surface area contributed by atoms with E-state index < -0.39 is 11.9 Å². The SMILES string of the molecule is CCOC(=O)c1cnc(Nc2cnn(C)c2)nc1NC1CCC(N2CCN(C(=O)N3CCC(C(=O)O)CC3)CC2)CC1. The second kappa shape index (κ2) is 13.4. The molecule has 0 bridgehead atoms. The summed E-state index contributed by atoms with van der Waals surface area (Å²) in [5, 5.41) is 20.0. The van der Waals surface area contributed by atoms with Gasteiger partial charge in [0.15, 0.2) is 0 Å². The molecule has 1 aliphatic carbocycles. The van der Waals surface area contributed by atoms with Crippen LogP contribution in [0.3, 0.4) is 0 Å². The maximum absolute atomic E-state index is 13.0.